The smallest absolute Gasteiger partial charge is 0.200 e. The molecule has 0 radical (unpaired) electrons. The molecule has 3 aromatic heterocycles. The van der Waals surface area contributed by atoms with E-state index in [1.807, 2.05) is 18.5 Å². The van der Waals surface area contributed by atoms with Gasteiger partial charge in [0.15, 0.2) is 0 Å². The molecule has 27 heavy (non-hydrogen) atoms. The van der Waals surface area contributed by atoms with Crippen LogP contribution in [0.3, 0.4) is 0 Å². The van der Waals surface area contributed by atoms with E-state index in [1.165, 1.54) is 18.4 Å². The highest BCUT2D eigenvalue weighted by atomic mass is 16.5. The van der Waals surface area contributed by atoms with E-state index in [4.69, 9.17) is 4.74 Å². The summed E-state index contributed by atoms with van der Waals surface area (Å²) in [5, 5.41) is 16.5. The SMILES string of the molecule is c1cncc(C(CNc2cc(C3CC3)nn3cnnc23)N2CCOCC2)c1. The highest BCUT2D eigenvalue weighted by Crippen LogP contribution is 2.40. The second-order valence-corrected chi connectivity index (χ2v) is 7.19. The van der Waals surface area contributed by atoms with Crippen LogP contribution in [0, 0.1) is 0 Å². The molecule has 1 saturated heterocycles. The summed E-state index contributed by atoms with van der Waals surface area (Å²) < 4.78 is 7.32. The van der Waals surface area contributed by atoms with E-state index in [9.17, 15) is 0 Å². The monoisotopic (exact) mass is 365 g/mol. The topological polar surface area (TPSA) is 80.5 Å². The van der Waals surface area contributed by atoms with Crippen LogP contribution in [0.2, 0.25) is 0 Å². The Labute approximate surface area is 157 Å². The Morgan fingerprint density at radius 2 is 2.15 bits per heavy atom. The van der Waals surface area contributed by atoms with E-state index < -0.39 is 0 Å². The summed E-state index contributed by atoms with van der Waals surface area (Å²) in [6.45, 7) is 4.15. The number of hydrogen-bond donors (Lipinski definition) is 1. The van der Waals surface area contributed by atoms with Gasteiger partial charge in [-0.2, -0.15) is 9.61 Å². The molecule has 8 heteroatoms. The number of anilines is 1. The van der Waals surface area contributed by atoms with Gasteiger partial charge in [-0.05, 0) is 30.5 Å². The van der Waals surface area contributed by atoms with E-state index in [0.29, 0.717) is 5.92 Å². The normalized spacial score (nSPS) is 19.3. The van der Waals surface area contributed by atoms with Gasteiger partial charge in [0, 0.05) is 37.9 Å². The lowest BCUT2D eigenvalue weighted by Gasteiger charge is -2.35. The summed E-state index contributed by atoms with van der Waals surface area (Å²) in [5.74, 6) is 0.575. The van der Waals surface area contributed by atoms with Gasteiger partial charge in [-0.15, -0.1) is 10.2 Å². The Hall–Kier alpha value is -2.58. The minimum atomic E-state index is 0.225. The van der Waals surface area contributed by atoms with Gasteiger partial charge in [-0.3, -0.25) is 9.88 Å². The van der Waals surface area contributed by atoms with Gasteiger partial charge in [0.25, 0.3) is 0 Å². The maximum absolute atomic E-state index is 5.54. The molecule has 0 spiro atoms. The van der Waals surface area contributed by atoms with Gasteiger partial charge >= 0.3 is 0 Å². The average molecular weight is 365 g/mol. The minimum Gasteiger partial charge on any atom is -0.380 e. The highest BCUT2D eigenvalue weighted by Gasteiger charge is 2.27. The summed E-state index contributed by atoms with van der Waals surface area (Å²) in [5.41, 5.74) is 4.09. The predicted molar refractivity (Wildman–Crippen MR) is 101 cm³/mol. The van der Waals surface area contributed by atoms with E-state index in [1.54, 1.807) is 10.8 Å². The van der Waals surface area contributed by atoms with Crippen molar-refractivity contribution in [3.63, 3.8) is 0 Å². The van der Waals surface area contributed by atoms with Crippen LogP contribution in [-0.2, 0) is 4.74 Å². The number of nitrogens with one attached hydrogen (secondary N) is 1. The summed E-state index contributed by atoms with van der Waals surface area (Å²) in [4.78, 5) is 6.78. The highest BCUT2D eigenvalue weighted by molar-refractivity contribution is 5.67. The Morgan fingerprint density at radius 3 is 2.93 bits per heavy atom. The molecular formula is C19H23N7O. The summed E-state index contributed by atoms with van der Waals surface area (Å²) in [6.07, 6.45) is 7.87. The Bertz CT molecular complexity index is 903. The largest absolute Gasteiger partial charge is 0.380 e. The first-order valence-corrected chi connectivity index (χ1v) is 9.55. The molecule has 0 aromatic carbocycles. The van der Waals surface area contributed by atoms with E-state index >= 15 is 0 Å². The third kappa shape index (κ3) is 3.50. The first kappa shape index (κ1) is 16.6. The zero-order valence-electron chi connectivity index (χ0n) is 15.2. The second-order valence-electron chi connectivity index (χ2n) is 7.19. The number of fused-ring (bicyclic) bond motifs is 1. The van der Waals surface area contributed by atoms with Crippen molar-refractivity contribution >= 4 is 11.3 Å². The Balaban J connectivity index is 1.42. The standard InChI is InChI=1S/C19H23N7O/c1-2-15(11-20-5-1)18(25-6-8-27-9-7-25)12-21-17-10-16(14-3-4-14)24-26-13-22-23-19(17)26/h1-2,5,10-11,13-14,18,21H,3-4,6-9,12H2. The third-order valence-electron chi connectivity index (χ3n) is 5.32. The quantitative estimate of drug-likeness (QED) is 0.714. The van der Waals surface area contributed by atoms with Gasteiger partial charge in [0.1, 0.15) is 6.33 Å². The lowest BCUT2D eigenvalue weighted by atomic mass is 10.1. The number of ether oxygens (including phenoxy) is 1. The molecule has 1 atom stereocenters. The molecule has 0 amide bonds. The number of morpholine rings is 1. The van der Waals surface area contributed by atoms with Crippen molar-refractivity contribution in [2.24, 2.45) is 0 Å². The number of hydrogen-bond acceptors (Lipinski definition) is 7. The van der Waals surface area contributed by atoms with Crippen LogP contribution < -0.4 is 5.32 Å². The first-order valence-electron chi connectivity index (χ1n) is 9.55. The van der Waals surface area contributed by atoms with Crippen LogP contribution in [-0.4, -0.2) is 62.5 Å². The van der Waals surface area contributed by atoms with Crippen LogP contribution >= 0.6 is 0 Å². The van der Waals surface area contributed by atoms with Crippen molar-refractivity contribution in [1.82, 2.24) is 29.7 Å². The minimum absolute atomic E-state index is 0.225. The summed E-state index contributed by atoms with van der Waals surface area (Å²) in [7, 11) is 0. The van der Waals surface area contributed by atoms with Crippen LogP contribution in [0.15, 0.2) is 36.9 Å². The zero-order chi connectivity index (χ0) is 18.1. The van der Waals surface area contributed by atoms with Crippen molar-refractivity contribution in [1.29, 1.82) is 0 Å². The van der Waals surface area contributed by atoms with Crippen molar-refractivity contribution in [3.8, 4) is 0 Å². The number of aromatic nitrogens is 5. The lowest BCUT2D eigenvalue weighted by molar-refractivity contribution is 0.0186. The molecule has 2 aliphatic rings. The molecule has 4 heterocycles. The Kier molecular flexibility index (Phi) is 4.43. The molecule has 8 nitrogen and oxygen atoms in total. The van der Waals surface area contributed by atoms with E-state index in [0.717, 1.165) is 49.9 Å². The molecule has 0 bridgehead atoms. The summed E-state index contributed by atoms with van der Waals surface area (Å²) >= 11 is 0. The fourth-order valence-electron chi connectivity index (χ4n) is 3.68. The maximum Gasteiger partial charge on any atom is 0.200 e. The third-order valence-corrected chi connectivity index (χ3v) is 5.32. The molecule has 1 unspecified atom stereocenters. The van der Waals surface area contributed by atoms with Crippen molar-refractivity contribution in [2.75, 3.05) is 38.2 Å². The molecule has 3 aromatic rings. The molecule has 1 aliphatic carbocycles. The lowest BCUT2D eigenvalue weighted by Crippen LogP contribution is -2.41. The van der Waals surface area contributed by atoms with Crippen LogP contribution in [0.25, 0.3) is 5.65 Å². The van der Waals surface area contributed by atoms with Gasteiger partial charge in [0.05, 0.1) is 30.6 Å². The molecule has 5 rings (SSSR count). The molecule has 1 N–H and O–H groups in total. The van der Waals surface area contributed by atoms with Crippen molar-refractivity contribution < 1.29 is 4.74 Å². The predicted octanol–water partition coefficient (Wildman–Crippen LogP) is 1.88. The van der Waals surface area contributed by atoms with E-state index in [-0.39, 0.29) is 6.04 Å². The summed E-state index contributed by atoms with van der Waals surface area (Å²) in [6, 6.07) is 6.50. The van der Waals surface area contributed by atoms with Crippen molar-refractivity contribution in [2.45, 2.75) is 24.8 Å². The van der Waals surface area contributed by atoms with Crippen LogP contribution in [0.1, 0.15) is 36.1 Å². The van der Waals surface area contributed by atoms with Gasteiger partial charge in [-0.25, -0.2) is 0 Å². The molecular weight excluding hydrogens is 342 g/mol. The van der Waals surface area contributed by atoms with Crippen LogP contribution in [0.5, 0.6) is 0 Å². The molecule has 140 valence electrons. The van der Waals surface area contributed by atoms with Gasteiger partial charge in [0.2, 0.25) is 5.65 Å². The second kappa shape index (κ2) is 7.21. The maximum atomic E-state index is 5.54. The van der Waals surface area contributed by atoms with E-state index in [2.05, 4.69) is 42.6 Å². The number of pyridine rings is 1. The average Bonchev–Trinajstić information content (AvgIpc) is 3.47. The number of rotatable bonds is 6. The molecule has 2 fully saturated rings. The van der Waals surface area contributed by atoms with Gasteiger partial charge < -0.3 is 10.1 Å². The number of nitrogens with zero attached hydrogens (tertiary/aromatic N) is 6. The first-order chi connectivity index (χ1) is 13.4. The zero-order valence-corrected chi connectivity index (χ0v) is 15.2. The molecule has 1 aliphatic heterocycles. The Morgan fingerprint density at radius 1 is 1.26 bits per heavy atom. The fourth-order valence-corrected chi connectivity index (χ4v) is 3.68. The molecule has 1 saturated carbocycles. The van der Waals surface area contributed by atoms with Crippen LogP contribution in [0.4, 0.5) is 5.69 Å². The van der Waals surface area contributed by atoms with Crippen molar-refractivity contribution in [3.05, 3.63) is 48.2 Å². The fraction of sp³-hybridized carbons (Fsp3) is 0.474. The van der Waals surface area contributed by atoms with Gasteiger partial charge in [-0.1, -0.05) is 6.07 Å².